The third-order valence-corrected chi connectivity index (χ3v) is 6.40. The molecule has 1 aliphatic rings. The molecule has 27 heavy (non-hydrogen) atoms. The van der Waals surface area contributed by atoms with E-state index in [0.717, 1.165) is 37.8 Å². The summed E-state index contributed by atoms with van der Waals surface area (Å²) in [6.45, 7) is 9.48. The van der Waals surface area contributed by atoms with Gasteiger partial charge in [0, 0.05) is 12.8 Å². The molecular formula is C20H30F3NO2S. The molecule has 7 heteroatoms. The molecule has 0 aliphatic carbocycles. The Labute approximate surface area is 160 Å². The van der Waals surface area contributed by atoms with Gasteiger partial charge in [-0.05, 0) is 48.4 Å². The maximum Gasteiger partial charge on any atom is 0.396 e. The van der Waals surface area contributed by atoms with Crippen LogP contribution >= 0.6 is 0 Å². The predicted octanol–water partition coefficient (Wildman–Crippen LogP) is 4.64. The fraction of sp³-hybridized carbons (Fsp3) is 0.700. The Balaban J connectivity index is 2.02. The second kappa shape index (κ2) is 8.11. The van der Waals surface area contributed by atoms with E-state index in [-0.39, 0.29) is 5.56 Å². The molecule has 0 bridgehead atoms. The molecule has 1 aliphatic heterocycles. The number of likely N-dealkylation sites (tertiary alicyclic amines) is 1. The monoisotopic (exact) mass is 405 g/mol. The number of piperidine rings is 1. The summed E-state index contributed by atoms with van der Waals surface area (Å²) in [4.78, 5) is 2.33. The summed E-state index contributed by atoms with van der Waals surface area (Å²) in [6, 6.07) is 6.21. The molecule has 0 saturated carbocycles. The van der Waals surface area contributed by atoms with Crippen molar-refractivity contribution in [3.63, 3.8) is 0 Å². The van der Waals surface area contributed by atoms with Crippen molar-refractivity contribution in [3.8, 4) is 0 Å². The van der Waals surface area contributed by atoms with Crippen LogP contribution in [0.1, 0.15) is 50.7 Å². The zero-order valence-electron chi connectivity index (χ0n) is 16.5. The maximum absolute atomic E-state index is 13.3. The number of alkyl halides is 3. The molecule has 0 amide bonds. The van der Waals surface area contributed by atoms with Gasteiger partial charge in [-0.3, -0.25) is 4.90 Å². The molecule has 2 rings (SSSR count). The average molecular weight is 406 g/mol. The standard InChI is InChI=1S/C20H30F3NO2S/c1-19(2,3)17-9-11-24(12-10-17)13-15-5-7-16(8-6-15)18(20(21,22)23)14-27(4,25)26/h5-8,17-18H,9-14H2,1-4H3/t18-/m0/s1. The third kappa shape index (κ3) is 6.79. The van der Waals surface area contributed by atoms with Gasteiger partial charge in [0.05, 0.1) is 11.7 Å². The van der Waals surface area contributed by atoms with Crippen LogP contribution in [0.4, 0.5) is 13.2 Å². The number of hydrogen-bond acceptors (Lipinski definition) is 3. The van der Waals surface area contributed by atoms with Gasteiger partial charge in [0.15, 0.2) is 0 Å². The normalized spacial score (nSPS) is 19.2. The molecule has 1 aromatic rings. The molecule has 0 N–H and O–H groups in total. The van der Waals surface area contributed by atoms with Crippen LogP contribution in [0.15, 0.2) is 24.3 Å². The second-order valence-electron chi connectivity index (χ2n) is 8.84. The van der Waals surface area contributed by atoms with E-state index in [4.69, 9.17) is 0 Å². The molecule has 154 valence electrons. The van der Waals surface area contributed by atoms with Gasteiger partial charge < -0.3 is 0 Å². The summed E-state index contributed by atoms with van der Waals surface area (Å²) >= 11 is 0. The van der Waals surface area contributed by atoms with Crippen molar-refractivity contribution < 1.29 is 21.6 Å². The van der Waals surface area contributed by atoms with E-state index in [1.54, 1.807) is 12.1 Å². The first kappa shape index (κ1) is 22.2. The van der Waals surface area contributed by atoms with Crippen molar-refractivity contribution in [1.29, 1.82) is 0 Å². The Kier molecular flexibility index (Phi) is 6.67. The van der Waals surface area contributed by atoms with Gasteiger partial charge in [0.25, 0.3) is 0 Å². The SMILES string of the molecule is CC(C)(C)C1CCN(Cc2ccc([C@H](CS(C)(=O)=O)C(F)(F)F)cc2)CC1. The minimum atomic E-state index is -4.58. The van der Waals surface area contributed by atoms with E-state index < -0.39 is 27.7 Å². The number of halogens is 3. The predicted molar refractivity (Wildman–Crippen MR) is 102 cm³/mol. The first-order valence-electron chi connectivity index (χ1n) is 9.31. The molecule has 0 spiro atoms. The summed E-state index contributed by atoms with van der Waals surface area (Å²) in [5.74, 6) is -2.21. The topological polar surface area (TPSA) is 37.4 Å². The minimum absolute atomic E-state index is 0.00288. The van der Waals surface area contributed by atoms with Gasteiger partial charge in [-0.1, -0.05) is 45.0 Å². The number of hydrogen-bond donors (Lipinski definition) is 0. The molecule has 0 aromatic heterocycles. The summed E-state index contributed by atoms with van der Waals surface area (Å²) < 4.78 is 62.6. The van der Waals surface area contributed by atoms with Crippen LogP contribution in [-0.2, 0) is 16.4 Å². The van der Waals surface area contributed by atoms with Crippen LogP contribution in [0.5, 0.6) is 0 Å². The largest absolute Gasteiger partial charge is 0.396 e. The van der Waals surface area contributed by atoms with Crippen molar-refractivity contribution in [2.75, 3.05) is 25.1 Å². The first-order chi connectivity index (χ1) is 12.3. The molecule has 1 atom stereocenters. The molecule has 1 saturated heterocycles. The Hall–Kier alpha value is -1.08. The van der Waals surface area contributed by atoms with E-state index in [0.29, 0.717) is 17.9 Å². The molecule has 0 radical (unpaired) electrons. The Morgan fingerprint density at radius 2 is 1.59 bits per heavy atom. The summed E-state index contributed by atoms with van der Waals surface area (Å²) in [6.07, 6.45) is -1.49. The highest BCUT2D eigenvalue weighted by atomic mass is 32.2. The average Bonchev–Trinajstić information content (AvgIpc) is 2.51. The molecule has 0 unspecified atom stereocenters. The summed E-state index contributed by atoms with van der Waals surface area (Å²) in [5, 5.41) is 0. The van der Waals surface area contributed by atoms with Crippen molar-refractivity contribution in [2.45, 2.75) is 52.3 Å². The third-order valence-electron chi connectivity index (χ3n) is 5.47. The number of rotatable bonds is 5. The fourth-order valence-corrected chi connectivity index (χ4v) is 4.74. The summed E-state index contributed by atoms with van der Waals surface area (Å²) in [7, 11) is -3.73. The Morgan fingerprint density at radius 1 is 1.07 bits per heavy atom. The zero-order chi connectivity index (χ0) is 20.5. The number of nitrogens with zero attached hydrogens (tertiary/aromatic N) is 1. The lowest BCUT2D eigenvalue weighted by atomic mass is 9.75. The zero-order valence-corrected chi connectivity index (χ0v) is 17.3. The molecule has 1 fully saturated rings. The van der Waals surface area contributed by atoms with Gasteiger partial charge in [0.1, 0.15) is 9.84 Å². The Morgan fingerprint density at radius 3 is 2.00 bits per heavy atom. The number of benzene rings is 1. The summed E-state index contributed by atoms with van der Waals surface area (Å²) in [5.41, 5.74) is 1.26. The number of sulfone groups is 1. The van der Waals surface area contributed by atoms with E-state index in [2.05, 4.69) is 25.7 Å². The van der Waals surface area contributed by atoms with Gasteiger partial charge in [-0.25, -0.2) is 8.42 Å². The highest BCUT2D eigenvalue weighted by molar-refractivity contribution is 7.90. The lowest BCUT2D eigenvalue weighted by Crippen LogP contribution is -2.37. The van der Waals surface area contributed by atoms with Crippen molar-refractivity contribution in [3.05, 3.63) is 35.4 Å². The minimum Gasteiger partial charge on any atom is -0.299 e. The van der Waals surface area contributed by atoms with Crippen LogP contribution < -0.4 is 0 Å². The first-order valence-corrected chi connectivity index (χ1v) is 11.4. The van der Waals surface area contributed by atoms with Crippen LogP contribution in [0.25, 0.3) is 0 Å². The molecule has 3 nitrogen and oxygen atoms in total. The van der Waals surface area contributed by atoms with Crippen LogP contribution in [-0.4, -0.2) is 44.6 Å². The molecule has 1 heterocycles. The van der Waals surface area contributed by atoms with Gasteiger partial charge in [-0.2, -0.15) is 13.2 Å². The van der Waals surface area contributed by atoms with Gasteiger partial charge in [0.2, 0.25) is 0 Å². The van der Waals surface area contributed by atoms with Crippen molar-refractivity contribution >= 4 is 9.84 Å². The van der Waals surface area contributed by atoms with Crippen LogP contribution in [0.2, 0.25) is 0 Å². The highest BCUT2D eigenvalue weighted by Gasteiger charge is 2.42. The van der Waals surface area contributed by atoms with E-state index in [1.807, 2.05) is 0 Å². The lowest BCUT2D eigenvalue weighted by Gasteiger charge is -2.38. The van der Waals surface area contributed by atoms with E-state index >= 15 is 0 Å². The van der Waals surface area contributed by atoms with E-state index in [1.165, 1.54) is 12.1 Å². The lowest BCUT2D eigenvalue weighted by molar-refractivity contribution is -0.145. The van der Waals surface area contributed by atoms with Crippen LogP contribution in [0, 0.1) is 11.3 Å². The maximum atomic E-state index is 13.3. The quantitative estimate of drug-likeness (QED) is 0.716. The second-order valence-corrected chi connectivity index (χ2v) is 11.0. The fourth-order valence-electron chi connectivity index (χ4n) is 3.75. The van der Waals surface area contributed by atoms with Crippen LogP contribution in [0.3, 0.4) is 0 Å². The smallest absolute Gasteiger partial charge is 0.299 e. The highest BCUT2D eigenvalue weighted by Crippen LogP contribution is 2.37. The molecule has 1 aromatic carbocycles. The van der Waals surface area contributed by atoms with Crippen molar-refractivity contribution in [2.24, 2.45) is 11.3 Å². The van der Waals surface area contributed by atoms with Gasteiger partial charge >= 0.3 is 6.18 Å². The van der Waals surface area contributed by atoms with Crippen molar-refractivity contribution in [1.82, 2.24) is 4.90 Å². The van der Waals surface area contributed by atoms with Gasteiger partial charge in [-0.15, -0.1) is 0 Å². The Bertz CT molecular complexity index is 713. The van der Waals surface area contributed by atoms with E-state index in [9.17, 15) is 21.6 Å². The molecular weight excluding hydrogens is 375 g/mol.